The number of piperazine rings is 1. The molecule has 1 heterocycles. The Labute approximate surface area is 144 Å². The molecule has 24 heavy (non-hydrogen) atoms. The molecule has 2 fully saturated rings. The topological polar surface area (TPSA) is 34.0 Å². The van der Waals surface area contributed by atoms with E-state index in [1.165, 1.54) is 19.4 Å². The van der Waals surface area contributed by atoms with E-state index in [1.807, 2.05) is 29.2 Å². The van der Waals surface area contributed by atoms with Crippen LogP contribution in [0.25, 0.3) is 0 Å². The van der Waals surface area contributed by atoms with Crippen LogP contribution in [-0.2, 0) is 0 Å². The Morgan fingerprint density at radius 3 is 2.75 bits per heavy atom. The first-order chi connectivity index (χ1) is 11.7. The largest absolute Gasteiger partial charge is 0.497 e. The first-order valence-corrected chi connectivity index (χ1v) is 9.18. The number of carbonyl (C=O) groups excluding carboxylic acids is 1. The van der Waals surface area contributed by atoms with Gasteiger partial charge < -0.3 is 14.5 Å². The summed E-state index contributed by atoms with van der Waals surface area (Å²) >= 11 is 0. The second kappa shape index (κ2) is 6.60. The van der Waals surface area contributed by atoms with Gasteiger partial charge in [-0.3, -0.25) is 4.79 Å². The second-order valence-electron chi connectivity index (χ2n) is 7.52. The first-order valence-electron chi connectivity index (χ1n) is 9.18. The molecule has 1 saturated carbocycles. The van der Waals surface area contributed by atoms with E-state index in [0.717, 1.165) is 55.2 Å². The summed E-state index contributed by atoms with van der Waals surface area (Å²) in [5.41, 5.74) is 0.732. The van der Waals surface area contributed by atoms with E-state index in [9.17, 15) is 4.79 Å². The van der Waals surface area contributed by atoms with E-state index in [-0.39, 0.29) is 5.91 Å². The van der Waals surface area contributed by atoms with Gasteiger partial charge in [0.1, 0.15) is 5.75 Å². The Morgan fingerprint density at radius 2 is 2.08 bits per heavy atom. The lowest BCUT2D eigenvalue weighted by atomic mass is 9.93. The fraction of sp³-hybridized carbons (Fsp3) is 0.550. The zero-order chi connectivity index (χ0) is 16.5. The van der Waals surface area contributed by atoms with Crippen LogP contribution in [0.2, 0.25) is 0 Å². The highest BCUT2D eigenvalue weighted by Crippen LogP contribution is 2.42. The van der Waals surface area contributed by atoms with Crippen molar-refractivity contribution in [1.82, 2.24) is 4.90 Å². The number of allylic oxidation sites excluding steroid dienone is 2. The Balaban J connectivity index is 1.31. The third kappa shape index (κ3) is 3.07. The van der Waals surface area contributed by atoms with E-state index in [4.69, 9.17) is 4.74 Å². The molecular weight excluding hydrogens is 300 g/mol. The average molecular weight is 327 g/mol. The molecule has 1 aliphatic heterocycles. The maximum absolute atomic E-state index is 12.7. The van der Waals surface area contributed by atoms with Crippen LogP contribution in [-0.4, -0.2) is 50.6 Å². The maximum atomic E-state index is 12.7. The number of rotatable bonds is 4. The monoisotopic (exact) mass is 327 g/mol. The third-order valence-corrected chi connectivity index (χ3v) is 6.04. The molecule has 0 aromatic heterocycles. The van der Waals surface area contributed by atoms with Gasteiger partial charge in [0.25, 0.3) is 5.91 Å². The Bertz CT molecular complexity index is 634. The Morgan fingerprint density at radius 1 is 1.25 bits per heavy atom. The summed E-state index contributed by atoms with van der Waals surface area (Å²) in [6, 6.07) is 7.48. The summed E-state index contributed by atoms with van der Waals surface area (Å²) in [5, 5.41) is 0. The second-order valence-corrected chi connectivity index (χ2v) is 7.52. The van der Waals surface area contributed by atoms with E-state index in [1.54, 1.807) is 12.0 Å². The summed E-state index contributed by atoms with van der Waals surface area (Å²) in [6.07, 6.45) is 7.64. The molecule has 4 heteroatoms. The normalized spacial score (nSPS) is 29.2. The van der Waals surface area contributed by atoms with Crippen molar-refractivity contribution in [1.29, 1.82) is 0 Å². The minimum absolute atomic E-state index is 0.135. The van der Waals surface area contributed by atoms with Crippen molar-refractivity contribution in [2.45, 2.75) is 12.8 Å². The molecule has 1 aromatic carbocycles. The minimum atomic E-state index is 0.135. The Kier molecular flexibility index (Phi) is 4.31. The highest BCUT2D eigenvalue weighted by atomic mass is 16.5. The number of benzene rings is 1. The van der Waals surface area contributed by atoms with Crippen LogP contribution in [0.1, 0.15) is 23.2 Å². The van der Waals surface area contributed by atoms with Crippen molar-refractivity contribution < 1.29 is 14.4 Å². The van der Waals surface area contributed by atoms with E-state index in [0.29, 0.717) is 0 Å². The molecule has 0 radical (unpaired) electrons. The van der Waals surface area contributed by atoms with Gasteiger partial charge in [-0.25, -0.2) is 0 Å². The number of quaternary nitrogens is 1. The van der Waals surface area contributed by atoms with Crippen LogP contribution in [0, 0.1) is 17.8 Å². The number of amides is 1. The molecule has 2 bridgehead atoms. The van der Waals surface area contributed by atoms with Gasteiger partial charge in [-0.05, 0) is 42.9 Å². The quantitative estimate of drug-likeness (QED) is 0.845. The van der Waals surface area contributed by atoms with Gasteiger partial charge in [0.05, 0.1) is 39.8 Å². The molecule has 1 saturated heterocycles. The predicted molar refractivity (Wildman–Crippen MR) is 93.3 cm³/mol. The molecule has 0 unspecified atom stereocenters. The number of hydrogen-bond acceptors (Lipinski definition) is 2. The van der Waals surface area contributed by atoms with E-state index >= 15 is 0 Å². The molecule has 4 nitrogen and oxygen atoms in total. The van der Waals surface area contributed by atoms with Crippen LogP contribution in [0.4, 0.5) is 0 Å². The van der Waals surface area contributed by atoms with Crippen molar-refractivity contribution in [2.75, 3.05) is 39.8 Å². The number of carbonyl (C=O) groups is 1. The fourth-order valence-corrected chi connectivity index (χ4v) is 4.67. The highest BCUT2D eigenvalue weighted by Gasteiger charge is 2.38. The van der Waals surface area contributed by atoms with Crippen molar-refractivity contribution >= 4 is 5.91 Å². The molecule has 4 rings (SSSR count). The fourth-order valence-electron chi connectivity index (χ4n) is 4.67. The van der Waals surface area contributed by atoms with Gasteiger partial charge in [-0.2, -0.15) is 0 Å². The lowest BCUT2D eigenvalue weighted by Crippen LogP contribution is -3.15. The summed E-state index contributed by atoms with van der Waals surface area (Å²) in [4.78, 5) is 16.4. The maximum Gasteiger partial charge on any atom is 0.254 e. The molecule has 0 spiro atoms. The Hall–Kier alpha value is -1.81. The summed E-state index contributed by atoms with van der Waals surface area (Å²) in [7, 11) is 1.64. The van der Waals surface area contributed by atoms with Crippen LogP contribution in [0.5, 0.6) is 5.75 Å². The number of hydrogen-bond donors (Lipinski definition) is 1. The molecule has 3 atom stereocenters. The molecular formula is C20H27N2O2+. The van der Waals surface area contributed by atoms with Crippen LogP contribution in [0.15, 0.2) is 36.4 Å². The number of nitrogens with zero attached hydrogens (tertiary/aromatic N) is 1. The van der Waals surface area contributed by atoms with E-state index < -0.39 is 0 Å². The number of fused-ring (bicyclic) bond motifs is 2. The van der Waals surface area contributed by atoms with Gasteiger partial charge >= 0.3 is 0 Å². The number of methoxy groups -OCH3 is 1. The van der Waals surface area contributed by atoms with Crippen molar-refractivity contribution in [2.24, 2.45) is 17.8 Å². The first kappa shape index (κ1) is 15.7. The molecule has 1 N–H and O–H groups in total. The zero-order valence-corrected chi connectivity index (χ0v) is 14.4. The summed E-state index contributed by atoms with van der Waals surface area (Å²) in [5.74, 6) is 3.44. The number of nitrogens with one attached hydrogen (secondary N) is 1. The van der Waals surface area contributed by atoms with Crippen LogP contribution >= 0.6 is 0 Å². The van der Waals surface area contributed by atoms with Gasteiger partial charge in [0, 0.05) is 11.5 Å². The molecule has 1 aromatic rings. The summed E-state index contributed by atoms with van der Waals surface area (Å²) in [6.45, 7) is 5.16. The predicted octanol–water partition coefficient (Wildman–Crippen LogP) is 1.25. The average Bonchev–Trinajstić information content (AvgIpc) is 3.25. The van der Waals surface area contributed by atoms with Gasteiger partial charge in [0.2, 0.25) is 0 Å². The van der Waals surface area contributed by atoms with Crippen LogP contribution < -0.4 is 9.64 Å². The standard InChI is InChI=1S/C20H26N2O2/c1-24-19-4-2-3-17(13-19)20(23)22-9-7-21(8-10-22)14-18-12-15-5-6-16(18)11-15/h2-6,13,15-16,18H,7-12,14H2,1H3/p+1/t15-,16+,18-/m1/s1. The lowest BCUT2D eigenvalue weighted by Gasteiger charge is -2.34. The van der Waals surface area contributed by atoms with Crippen molar-refractivity contribution in [3.8, 4) is 5.75 Å². The smallest absolute Gasteiger partial charge is 0.254 e. The highest BCUT2D eigenvalue weighted by molar-refractivity contribution is 5.94. The van der Waals surface area contributed by atoms with Crippen molar-refractivity contribution in [3.05, 3.63) is 42.0 Å². The van der Waals surface area contributed by atoms with Gasteiger partial charge in [0.15, 0.2) is 0 Å². The zero-order valence-electron chi connectivity index (χ0n) is 14.4. The molecule has 2 aliphatic carbocycles. The number of ether oxygens (including phenoxy) is 1. The molecule has 128 valence electrons. The SMILES string of the molecule is COc1cccc(C(=O)N2CC[NH+](C[C@H]3C[C@@H]4C=C[C@H]3C4)CC2)c1. The summed E-state index contributed by atoms with van der Waals surface area (Å²) < 4.78 is 5.23. The molecule has 3 aliphatic rings. The minimum Gasteiger partial charge on any atom is -0.497 e. The van der Waals surface area contributed by atoms with Crippen molar-refractivity contribution in [3.63, 3.8) is 0 Å². The molecule has 1 amide bonds. The van der Waals surface area contributed by atoms with Gasteiger partial charge in [-0.15, -0.1) is 0 Å². The van der Waals surface area contributed by atoms with Gasteiger partial charge in [-0.1, -0.05) is 18.2 Å². The third-order valence-electron chi connectivity index (χ3n) is 6.04. The lowest BCUT2D eigenvalue weighted by molar-refractivity contribution is -0.907. The van der Waals surface area contributed by atoms with E-state index in [2.05, 4.69) is 12.2 Å². The van der Waals surface area contributed by atoms with Crippen LogP contribution in [0.3, 0.4) is 0 Å².